The molecule has 0 bridgehead atoms. The molecule has 8 rings (SSSR count). The maximum Gasteiger partial charge on any atom is 0.335 e. The van der Waals surface area contributed by atoms with Crippen LogP contribution in [0.15, 0.2) is 119 Å². The number of carbonyl (C=O) groups excluding carboxylic acids is 3. The number of nitrogens with one attached hydrogen (secondary N) is 1. The number of imide groups is 2. The predicted molar refractivity (Wildman–Crippen MR) is 216 cm³/mol. The summed E-state index contributed by atoms with van der Waals surface area (Å²) < 4.78 is 12.4. The second-order valence-corrected chi connectivity index (χ2v) is 14.8. The van der Waals surface area contributed by atoms with Gasteiger partial charge < -0.3 is 14.4 Å². The SMILES string of the molecule is CCOc1cc(/C=C2\C(=O)NC(=O)N(c3cc4c5c(c3)[C@H](c3ccccc3)CCN5CC[C@@H]4c3ccccc3)C2=O)cc(Br)c1OCc1cccc([N+](=O)[O-])c1. The van der Waals surface area contributed by atoms with Crippen LogP contribution in [0, 0.1) is 10.1 Å². The molecule has 5 aromatic carbocycles. The number of carbonyl (C=O) groups is 3. The van der Waals surface area contributed by atoms with E-state index in [2.05, 4.69) is 50.4 Å². The van der Waals surface area contributed by atoms with Gasteiger partial charge in [0.1, 0.15) is 12.2 Å². The molecule has 0 aliphatic carbocycles. The predicted octanol–water partition coefficient (Wildman–Crippen LogP) is 8.88. The summed E-state index contributed by atoms with van der Waals surface area (Å²) in [6.07, 6.45) is 3.18. The van der Waals surface area contributed by atoms with Crippen LogP contribution in [-0.2, 0) is 16.2 Å². The second kappa shape index (κ2) is 15.5. The second-order valence-electron chi connectivity index (χ2n) is 13.9. The molecule has 0 radical (unpaired) electrons. The topological polar surface area (TPSA) is 131 Å². The number of hydrogen-bond donors (Lipinski definition) is 1. The average Bonchev–Trinajstić information content (AvgIpc) is 3.20. The van der Waals surface area contributed by atoms with Crippen LogP contribution in [0.3, 0.4) is 0 Å². The molecular formula is C44H37BrN4O7. The first-order chi connectivity index (χ1) is 27.2. The minimum atomic E-state index is -0.818. The lowest BCUT2D eigenvalue weighted by Gasteiger charge is -2.44. The third-order valence-corrected chi connectivity index (χ3v) is 11.1. The zero-order chi connectivity index (χ0) is 38.9. The Morgan fingerprint density at radius 1 is 0.839 bits per heavy atom. The van der Waals surface area contributed by atoms with E-state index in [1.165, 1.54) is 18.2 Å². The van der Waals surface area contributed by atoms with E-state index in [4.69, 9.17) is 9.47 Å². The van der Waals surface area contributed by atoms with Crippen molar-refractivity contribution in [2.45, 2.75) is 38.2 Å². The summed E-state index contributed by atoms with van der Waals surface area (Å²) in [7, 11) is 0. The van der Waals surface area contributed by atoms with Crippen molar-refractivity contribution in [1.82, 2.24) is 5.32 Å². The number of hydrogen-bond acceptors (Lipinski definition) is 8. The zero-order valence-corrected chi connectivity index (χ0v) is 32.0. The molecule has 12 heteroatoms. The number of urea groups is 1. The fourth-order valence-electron chi connectivity index (χ4n) is 8.02. The molecule has 1 N–H and O–H groups in total. The molecule has 11 nitrogen and oxygen atoms in total. The highest BCUT2D eigenvalue weighted by molar-refractivity contribution is 9.10. The van der Waals surface area contributed by atoms with Crippen molar-refractivity contribution in [3.05, 3.63) is 163 Å². The number of ether oxygens (including phenoxy) is 2. The van der Waals surface area contributed by atoms with Crippen molar-refractivity contribution in [3.8, 4) is 11.5 Å². The van der Waals surface area contributed by atoms with Crippen LogP contribution in [-0.4, -0.2) is 42.5 Å². The number of nitro benzene ring substituents is 1. The molecule has 1 saturated heterocycles. The highest BCUT2D eigenvalue weighted by Crippen LogP contribution is 2.50. The van der Waals surface area contributed by atoms with Crippen molar-refractivity contribution >= 4 is 56.9 Å². The molecule has 1 fully saturated rings. The van der Waals surface area contributed by atoms with E-state index in [9.17, 15) is 24.5 Å². The number of halogens is 1. The Bertz CT molecular complexity index is 2330. The van der Waals surface area contributed by atoms with Gasteiger partial charge in [-0.05, 0) is 99.4 Å². The fraction of sp³-hybridized carbons (Fsp3) is 0.205. The van der Waals surface area contributed by atoms with Crippen molar-refractivity contribution in [2.24, 2.45) is 0 Å². The standard InChI is InChI=1S/C44H37BrN4O7/c1-2-55-39-23-28(22-38(45)41(39)56-26-27-10-9-15-31(20-27)49(53)54)21-37-42(50)46-44(52)48(43(37)51)32-24-35-33(29-11-5-3-6-12-29)16-18-47-19-17-34(36(25-32)40(35)47)30-13-7-4-8-14-30/h3-15,20-25,33-34H,2,16-19,26H2,1H3,(H,46,50,52)/b37-21+/t33-,34+. The molecule has 3 heterocycles. The Morgan fingerprint density at radius 3 is 2.09 bits per heavy atom. The van der Waals surface area contributed by atoms with Crippen LogP contribution in [0.5, 0.6) is 11.5 Å². The first-order valence-electron chi connectivity index (χ1n) is 18.5. The van der Waals surface area contributed by atoms with E-state index in [0.29, 0.717) is 32.8 Å². The number of non-ortho nitro benzene ring substituents is 1. The Kier molecular flexibility index (Phi) is 10.1. The Morgan fingerprint density at radius 2 is 1.48 bits per heavy atom. The Labute approximate surface area is 331 Å². The van der Waals surface area contributed by atoms with Gasteiger partial charge in [0.25, 0.3) is 17.5 Å². The zero-order valence-electron chi connectivity index (χ0n) is 30.4. The van der Waals surface area contributed by atoms with E-state index in [0.717, 1.165) is 58.8 Å². The largest absolute Gasteiger partial charge is 0.490 e. The number of barbiturate groups is 1. The van der Waals surface area contributed by atoms with Crippen LogP contribution in [0.2, 0.25) is 0 Å². The number of nitrogens with zero attached hydrogens (tertiary/aromatic N) is 3. The van der Waals surface area contributed by atoms with E-state index in [1.54, 1.807) is 31.2 Å². The van der Waals surface area contributed by atoms with Crippen LogP contribution in [0.4, 0.5) is 21.9 Å². The summed E-state index contributed by atoms with van der Waals surface area (Å²) in [6.45, 7) is 3.90. The molecule has 2 atom stereocenters. The van der Waals surface area contributed by atoms with Gasteiger partial charge in [0.2, 0.25) is 0 Å². The molecule has 56 heavy (non-hydrogen) atoms. The van der Waals surface area contributed by atoms with Gasteiger partial charge in [-0.1, -0.05) is 72.8 Å². The van der Waals surface area contributed by atoms with E-state index >= 15 is 0 Å². The lowest BCUT2D eigenvalue weighted by Crippen LogP contribution is -2.54. The van der Waals surface area contributed by atoms with Gasteiger partial charge in [-0.2, -0.15) is 0 Å². The summed E-state index contributed by atoms with van der Waals surface area (Å²) in [6, 6.07) is 33.1. The van der Waals surface area contributed by atoms with Gasteiger partial charge in [0.15, 0.2) is 11.5 Å². The van der Waals surface area contributed by atoms with E-state index < -0.39 is 22.8 Å². The molecular weight excluding hydrogens is 776 g/mol. The summed E-state index contributed by atoms with van der Waals surface area (Å²) in [4.78, 5) is 55.9. The quantitative estimate of drug-likeness (QED) is 0.0641. The molecule has 0 unspecified atom stereocenters. The van der Waals surface area contributed by atoms with Crippen molar-refractivity contribution < 1.29 is 28.8 Å². The molecule has 282 valence electrons. The van der Waals surface area contributed by atoms with Crippen molar-refractivity contribution in [3.63, 3.8) is 0 Å². The summed E-state index contributed by atoms with van der Waals surface area (Å²) >= 11 is 3.55. The minimum absolute atomic E-state index is 0.0234. The van der Waals surface area contributed by atoms with Gasteiger partial charge in [-0.3, -0.25) is 25.0 Å². The van der Waals surface area contributed by atoms with Gasteiger partial charge in [0.05, 0.1) is 21.7 Å². The van der Waals surface area contributed by atoms with Crippen LogP contribution in [0.1, 0.15) is 65.0 Å². The Balaban J connectivity index is 1.17. The highest BCUT2D eigenvalue weighted by atomic mass is 79.9. The number of anilines is 2. The maximum atomic E-state index is 14.4. The smallest absolute Gasteiger partial charge is 0.335 e. The third kappa shape index (κ3) is 7.03. The lowest BCUT2D eigenvalue weighted by molar-refractivity contribution is -0.384. The number of amides is 4. The highest BCUT2D eigenvalue weighted by Gasteiger charge is 2.40. The molecule has 0 aromatic heterocycles. The van der Waals surface area contributed by atoms with Crippen molar-refractivity contribution in [1.29, 1.82) is 0 Å². The summed E-state index contributed by atoms with van der Waals surface area (Å²) in [5.74, 6) is -0.805. The van der Waals surface area contributed by atoms with Gasteiger partial charge in [-0.15, -0.1) is 0 Å². The van der Waals surface area contributed by atoms with Crippen molar-refractivity contribution in [2.75, 3.05) is 29.5 Å². The van der Waals surface area contributed by atoms with Gasteiger partial charge in [0, 0.05) is 42.7 Å². The Hall–Kier alpha value is -6.27. The average molecular weight is 814 g/mol. The molecule has 0 spiro atoms. The summed E-state index contributed by atoms with van der Waals surface area (Å²) in [5, 5.41) is 13.7. The van der Waals surface area contributed by atoms with Crippen LogP contribution < -0.4 is 24.6 Å². The maximum absolute atomic E-state index is 14.4. The van der Waals surface area contributed by atoms with Gasteiger partial charge in [-0.25, -0.2) is 9.69 Å². The molecule has 0 saturated carbocycles. The van der Waals surface area contributed by atoms with Crippen LogP contribution in [0.25, 0.3) is 6.08 Å². The third-order valence-electron chi connectivity index (χ3n) is 10.5. The number of nitro groups is 1. The number of rotatable bonds is 10. The lowest BCUT2D eigenvalue weighted by atomic mass is 9.76. The molecule has 3 aliphatic rings. The van der Waals surface area contributed by atoms with E-state index in [1.807, 2.05) is 48.5 Å². The first kappa shape index (κ1) is 36.7. The monoisotopic (exact) mass is 812 g/mol. The number of benzene rings is 5. The molecule has 5 aromatic rings. The normalized spacial score (nSPS) is 18.4. The van der Waals surface area contributed by atoms with E-state index in [-0.39, 0.29) is 36.3 Å². The minimum Gasteiger partial charge on any atom is -0.490 e. The fourth-order valence-corrected chi connectivity index (χ4v) is 8.59. The van der Waals surface area contributed by atoms with Crippen LogP contribution >= 0.6 is 15.9 Å². The molecule has 4 amide bonds. The first-order valence-corrected chi connectivity index (χ1v) is 19.3. The summed E-state index contributed by atoms with van der Waals surface area (Å²) in [5.41, 5.74) is 6.70. The van der Waals surface area contributed by atoms with Gasteiger partial charge >= 0.3 is 6.03 Å². The molecule has 3 aliphatic heterocycles.